The van der Waals surface area contributed by atoms with Crippen molar-refractivity contribution in [2.45, 2.75) is 24.9 Å². The molecule has 1 aliphatic rings. The van der Waals surface area contributed by atoms with E-state index in [2.05, 4.69) is 0 Å². The SMILES string of the molecule is OC1(Cc2c(F)c(F)c(Cl)c(F)c2F)CC1. The first kappa shape index (κ1) is 11.7. The topological polar surface area (TPSA) is 20.2 Å². The molecule has 0 amide bonds. The second-order valence-electron chi connectivity index (χ2n) is 3.95. The second-order valence-corrected chi connectivity index (χ2v) is 4.33. The Morgan fingerprint density at radius 2 is 1.44 bits per heavy atom. The Morgan fingerprint density at radius 3 is 1.81 bits per heavy atom. The van der Waals surface area contributed by atoms with E-state index < -0.39 is 45.9 Å². The van der Waals surface area contributed by atoms with Crippen LogP contribution in [0.15, 0.2) is 0 Å². The molecule has 0 aliphatic heterocycles. The predicted molar refractivity (Wildman–Crippen MR) is 49.2 cm³/mol. The molecule has 2 rings (SSSR count). The molecule has 0 heterocycles. The van der Waals surface area contributed by atoms with Gasteiger partial charge in [0, 0.05) is 12.0 Å². The van der Waals surface area contributed by atoms with Crippen LogP contribution in [0.4, 0.5) is 17.6 Å². The summed E-state index contributed by atoms with van der Waals surface area (Å²) in [5.74, 6) is -6.33. The molecule has 1 aliphatic carbocycles. The fourth-order valence-corrected chi connectivity index (χ4v) is 1.62. The summed E-state index contributed by atoms with van der Waals surface area (Å²) in [5.41, 5.74) is -2.03. The average molecular weight is 255 g/mol. The number of aliphatic hydroxyl groups is 1. The van der Waals surface area contributed by atoms with Gasteiger partial charge in [-0.25, -0.2) is 17.6 Å². The molecule has 16 heavy (non-hydrogen) atoms. The van der Waals surface area contributed by atoms with Gasteiger partial charge < -0.3 is 5.11 Å². The Balaban J connectivity index is 2.51. The van der Waals surface area contributed by atoms with Crippen molar-refractivity contribution in [1.29, 1.82) is 0 Å². The molecule has 1 N–H and O–H groups in total. The highest BCUT2D eigenvalue weighted by atomic mass is 35.5. The number of halogens is 5. The van der Waals surface area contributed by atoms with Crippen LogP contribution in [0.3, 0.4) is 0 Å². The molecule has 1 saturated carbocycles. The lowest BCUT2D eigenvalue weighted by atomic mass is 10.0. The number of benzene rings is 1. The first-order chi connectivity index (χ1) is 7.36. The van der Waals surface area contributed by atoms with Crippen LogP contribution in [-0.2, 0) is 6.42 Å². The van der Waals surface area contributed by atoms with Gasteiger partial charge in [0.15, 0.2) is 23.3 Å². The minimum Gasteiger partial charge on any atom is -0.390 e. The zero-order valence-electron chi connectivity index (χ0n) is 7.96. The van der Waals surface area contributed by atoms with Crippen LogP contribution >= 0.6 is 11.6 Å². The number of hydrogen-bond donors (Lipinski definition) is 1. The van der Waals surface area contributed by atoms with Gasteiger partial charge in [-0.3, -0.25) is 0 Å². The molecule has 0 saturated heterocycles. The van der Waals surface area contributed by atoms with Crippen molar-refractivity contribution in [2.24, 2.45) is 0 Å². The first-order valence-corrected chi connectivity index (χ1v) is 4.96. The highest BCUT2D eigenvalue weighted by Crippen LogP contribution is 2.40. The van der Waals surface area contributed by atoms with Crippen LogP contribution < -0.4 is 0 Å². The summed E-state index contributed by atoms with van der Waals surface area (Å²) in [5, 5.41) is 8.26. The van der Waals surface area contributed by atoms with E-state index in [4.69, 9.17) is 11.6 Å². The molecule has 6 heteroatoms. The summed E-state index contributed by atoms with van der Waals surface area (Å²) >= 11 is 5.05. The average Bonchev–Trinajstić information content (AvgIpc) is 2.98. The number of hydrogen-bond acceptors (Lipinski definition) is 1. The van der Waals surface area contributed by atoms with Gasteiger partial charge in [0.2, 0.25) is 0 Å². The third kappa shape index (κ3) is 1.78. The van der Waals surface area contributed by atoms with Crippen LogP contribution in [0.5, 0.6) is 0 Å². The lowest BCUT2D eigenvalue weighted by Gasteiger charge is -2.11. The Bertz CT molecular complexity index is 428. The van der Waals surface area contributed by atoms with E-state index in [9.17, 15) is 22.7 Å². The molecule has 1 nitrogen and oxygen atoms in total. The molecule has 0 spiro atoms. The molecule has 0 radical (unpaired) electrons. The summed E-state index contributed by atoms with van der Waals surface area (Å²) in [4.78, 5) is 0. The summed E-state index contributed by atoms with van der Waals surface area (Å²) < 4.78 is 52.6. The third-order valence-corrected chi connectivity index (χ3v) is 2.97. The van der Waals surface area contributed by atoms with E-state index in [0.29, 0.717) is 12.8 Å². The normalized spacial score (nSPS) is 17.6. The Morgan fingerprint density at radius 1 is 1.00 bits per heavy atom. The smallest absolute Gasteiger partial charge is 0.180 e. The van der Waals surface area contributed by atoms with Gasteiger partial charge in [-0.1, -0.05) is 11.6 Å². The zero-order valence-corrected chi connectivity index (χ0v) is 8.71. The maximum atomic E-state index is 13.3. The summed E-state index contributed by atoms with van der Waals surface area (Å²) in [6, 6.07) is 0. The maximum Gasteiger partial charge on any atom is 0.180 e. The highest BCUT2D eigenvalue weighted by Gasteiger charge is 2.42. The van der Waals surface area contributed by atoms with Crippen LogP contribution in [0.2, 0.25) is 5.02 Å². The summed E-state index contributed by atoms with van der Waals surface area (Å²) in [6.45, 7) is 0. The van der Waals surface area contributed by atoms with E-state index in [1.807, 2.05) is 0 Å². The van der Waals surface area contributed by atoms with Crippen molar-refractivity contribution >= 4 is 11.6 Å². The van der Waals surface area contributed by atoms with Crippen molar-refractivity contribution < 1.29 is 22.7 Å². The van der Waals surface area contributed by atoms with Crippen LogP contribution in [0.1, 0.15) is 18.4 Å². The van der Waals surface area contributed by atoms with Crippen LogP contribution in [-0.4, -0.2) is 10.7 Å². The van der Waals surface area contributed by atoms with Gasteiger partial charge in [0.05, 0.1) is 5.60 Å². The fraction of sp³-hybridized carbons (Fsp3) is 0.400. The van der Waals surface area contributed by atoms with Crippen LogP contribution in [0.25, 0.3) is 0 Å². The fourth-order valence-electron chi connectivity index (χ4n) is 1.46. The molecular formula is C10H7ClF4O. The van der Waals surface area contributed by atoms with E-state index in [-0.39, 0.29) is 0 Å². The second kappa shape index (κ2) is 3.60. The van der Waals surface area contributed by atoms with Crippen molar-refractivity contribution in [3.63, 3.8) is 0 Å². The molecular weight excluding hydrogens is 248 g/mol. The molecule has 0 unspecified atom stereocenters. The van der Waals surface area contributed by atoms with Gasteiger partial charge in [-0.15, -0.1) is 0 Å². The van der Waals surface area contributed by atoms with E-state index >= 15 is 0 Å². The van der Waals surface area contributed by atoms with Crippen molar-refractivity contribution in [3.8, 4) is 0 Å². The lowest BCUT2D eigenvalue weighted by Crippen LogP contribution is -2.15. The van der Waals surface area contributed by atoms with Gasteiger partial charge in [0.25, 0.3) is 0 Å². The van der Waals surface area contributed by atoms with Crippen LogP contribution in [0, 0.1) is 23.3 Å². The van der Waals surface area contributed by atoms with Gasteiger partial charge >= 0.3 is 0 Å². The third-order valence-electron chi connectivity index (χ3n) is 2.63. The molecule has 0 bridgehead atoms. The monoisotopic (exact) mass is 254 g/mol. The van der Waals surface area contributed by atoms with E-state index in [1.165, 1.54) is 0 Å². The van der Waals surface area contributed by atoms with Crippen molar-refractivity contribution in [2.75, 3.05) is 0 Å². The van der Waals surface area contributed by atoms with E-state index in [1.54, 1.807) is 0 Å². The van der Waals surface area contributed by atoms with E-state index in [0.717, 1.165) is 0 Å². The minimum atomic E-state index is -1.63. The largest absolute Gasteiger partial charge is 0.390 e. The predicted octanol–water partition coefficient (Wildman–Crippen LogP) is 2.96. The van der Waals surface area contributed by atoms with Gasteiger partial charge in [-0.2, -0.15) is 0 Å². The van der Waals surface area contributed by atoms with Crippen molar-refractivity contribution in [1.82, 2.24) is 0 Å². The van der Waals surface area contributed by atoms with Gasteiger partial charge in [-0.05, 0) is 12.8 Å². The standard InChI is InChI=1S/C10H7ClF4O/c11-5-8(14)6(12)4(7(13)9(5)15)3-10(16)1-2-10/h16H,1-3H2. The van der Waals surface area contributed by atoms with Crippen molar-refractivity contribution in [3.05, 3.63) is 33.9 Å². The number of rotatable bonds is 2. The molecule has 1 fully saturated rings. The Hall–Kier alpha value is -0.810. The summed E-state index contributed by atoms with van der Waals surface area (Å²) in [7, 11) is 0. The molecule has 88 valence electrons. The summed E-state index contributed by atoms with van der Waals surface area (Å²) in [6.07, 6.45) is 0.269. The minimum absolute atomic E-state index is 0.359. The first-order valence-electron chi connectivity index (χ1n) is 4.58. The quantitative estimate of drug-likeness (QED) is 0.489. The zero-order chi connectivity index (χ0) is 12.1. The lowest BCUT2D eigenvalue weighted by molar-refractivity contribution is 0.147. The Kier molecular flexibility index (Phi) is 2.62. The highest BCUT2D eigenvalue weighted by molar-refractivity contribution is 6.30. The molecule has 1 aromatic rings. The van der Waals surface area contributed by atoms with Gasteiger partial charge in [0.1, 0.15) is 5.02 Å². The molecule has 1 aromatic carbocycles. The molecule has 0 atom stereocenters. The maximum absolute atomic E-state index is 13.3. The molecule has 0 aromatic heterocycles. The Labute approximate surface area is 93.6 Å².